The molecule has 4 rings (SSSR count). The predicted molar refractivity (Wildman–Crippen MR) is 115 cm³/mol. The van der Waals surface area contributed by atoms with Crippen LogP contribution in [-0.4, -0.2) is 46.9 Å². The van der Waals surface area contributed by atoms with Crippen molar-refractivity contribution in [3.63, 3.8) is 0 Å². The highest BCUT2D eigenvalue weighted by Gasteiger charge is 2.36. The zero-order chi connectivity index (χ0) is 19.8. The van der Waals surface area contributed by atoms with Crippen LogP contribution in [0.15, 0.2) is 29.4 Å². The summed E-state index contributed by atoms with van der Waals surface area (Å²) in [4.78, 5) is 2.60. The van der Waals surface area contributed by atoms with Gasteiger partial charge in [-0.15, -0.1) is 0 Å². The van der Waals surface area contributed by atoms with Gasteiger partial charge in [-0.1, -0.05) is 6.42 Å². The second kappa shape index (κ2) is 7.63. The predicted octanol–water partition coefficient (Wildman–Crippen LogP) is 4.65. The van der Waals surface area contributed by atoms with Crippen molar-refractivity contribution < 1.29 is 4.74 Å². The Balaban J connectivity index is 1.81. The van der Waals surface area contributed by atoms with Gasteiger partial charge in [0, 0.05) is 48.3 Å². The Labute approximate surface area is 168 Å². The van der Waals surface area contributed by atoms with E-state index < -0.39 is 0 Å². The highest BCUT2D eigenvalue weighted by Crippen LogP contribution is 2.39. The molecule has 2 aliphatic heterocycles. The zero-order valence-corrected chi connectivity index (χ0v) is 17.8. The van der Waals surface area contributed by atoms with Crippen molar-refractivity contribution in [2.24, 2.45) is 5.10 Å². The number of piperidine rings is 1. The van der Waals surface area contributed by atoms with Gasteiger partial charge in [-0.25, -0.2) is 0 Å². The monoisotopic (exact) mass is 380 g/mol. The fourth-order valence-electron chi connectivity index (χ4n) is 4.99. The van der Waals surface area contributed by atoms with E-state index in [0.717, 1.165) is 24.6 Å². The fourth-order valence-corrected chi connectivity index (χ4v) is 4.99. The number of hydrogen-bond acceptors (Lipinski definition) is 4. The minimum Gasteiger partial charge on any atom is -0.494 e. The Morgan fingerprint density at radius 1 is 1.00 bits per heavy atom. The quantitative estimate of drug-likeness (QED) is 0.774. The number of hydrogen-bond donors (Lipinski definition) is 0. The van der Waals surface area contributed by atoms with Crippen molar-refractivity contribution in [1.82, 2.24) is 14.5 Å². The molecule has 28 heavy (non-hydrogen) atoms. The van der Waals surface area contributed by atoms with Gasteiger partial charge in [0.2, 0.25) is 0 Å². The smallest absolute Gasteiger partial charge is 0.127 e. The summed E-state index contributed by atoms with van der Waals surface area (Å²) in [6, 6.07) is 8.43. The third kappa shape index (κ3) is 3.12. The average molecular weight is 381 g/mol. The Kier molecular flexibility index (Phi) is 5.19. The lowest BCUT2D eigenvalue weighted by atomic mass is 9.98. The van der Waals surface area contributed by atoms with Crippen molar-refractivity contribution in [3.8, 4) is 11.4 Å². The van der Waals surface area contributed by atoms with Crippen LogP contribution >= 0.6 is 0 Å². The van der Waals surface area contributed by atoms with Crippen molar-refractivity contribution >= 4 is 5.71 Å². The van der Waals surface area contributed by atoms with E-state index in [-0.39, 0.29) is 6.17 Å². The summed E-state index contributed by atoms with van der Waals surface area (Å²) in [7, 11) is 2.12. The lowest BCUT2D eigenvalue weighted by Crippen LogP contribution is -2.43. The number of aromatic nitrogens is 1. The van der Waals surface area contributed by atoms with Gasteiger partial charge in [-0.3, -0.25) is 9.91 Å². The van der Waals surface area contributed by atoms with E-state index in [2.05, 4.69) is 66.6 Å². The topological polar surface area (TPSA) is 33.0 Å². The molecule has 1 atom stereocenters. The third-order valence-corrected chi connectivity index (χ3v) is 6.12. The van der Waals surface area contributed by atoms with Gasteiger partial charge in [0.05, 0.1) is 12.3 Å². The number of benzene rings is 1. The number of ether oxygens (including phenoxy) is 1. The minimum absolute atomic E-state index is 0.224. The van der Waals surface area contributed by atoms with Crippen LogP contribution in [0.1, 0.15) is 61.8 Å². The number of fused-ring (bicyclic) bond motifs is 1. The van der Waals surface area contributed by atoms with Gasteiger partial charge < -0.3 is 9.30 Å². The molecule has 1 fully saturated rings. The van der Waals surface area contributed by atoms with E-state index in [1.165, 1.54) is 47.5 Å². The first kappa shape index (κ1) is 19.1. The first-order valence-corrected chi connectivity index (χ1v) is 10.5. The van der Waals surface area contributed by atoms with Gasteiger partial charge in [0.25, 0.3) is 0 Å². The van der Waals surface area contributed by atoms with E-state index in [0.29, 0.717) is 6.61 Å². The largest absolute Gasteiger partial charge is 0.494 e. The molecule has 1 aromatic heterocycles. The third-order valence-electron chi connectivity index (χ3n) is 6.12. The standard InChI is InChI=1S/C23H32N4O/c1-6-28-20-12-10-19(11-13-20)27-17(3)21-16(2)24-25(5)23(22(21)18(27)4)26-14-8-7-9-15-26/h10-13,23H,6-9,14-15H2,1-5H3. The maximum atomic E-state index is 5.62. The van der Waals surface area contributed by atoms with Crippen LogP contribution in [0.2, 0.25) is 0 Å². The van der Waals surface area contributed by atoms with Gasteiger partial charge in [-0.05, 0) is 64.8 Å². The van der Waals surface area contributed by atoms with Crippen LogP contribution in [0.4, 0.5) is 0 Å². The van der Waals surface area contributed by atoms with E-state index in [1.807, 2.05) is 6.92 Å². The second-order valence-electron chi connectivity index (χ2n) is 7.95. The number of hydrazone groups is 1. The first-order valence-electron chi connectivity index (χ1n) is 10.5. The molecule has 5 nitrogen and oxygen atoms in total. The van der Waals surface area contributed by atoms with Crippen molar-refractivity contribution in [2.75, 3.05) is 26.7 Å². The molecule has 0 radical (unpaired) electrons. The highest BCUT2D eigenvalue weighted by molar-refractivity contribution is 6.02. The summed E-state index contributed by atoms with van der Waals surface area (Å²) in [5.41, 5.74) is 7.61. The number of likely N-dealkylation sites (tertiary alicyclic amines) is 1. The molecule has 0 N–H and O–H groups in total. The summed E-state index contributed by atoms with van der Waals surface area (Å²) in [5, 5.41) is 7.07. The lowest BCUT2D eigenvalue weighted by Gasteiger charge is -2.41. The van der Waals surface area contributed by atoms with Crippen molar-refractivity contribution in [3.05, 3.63) is 46.8 Å². The molecule has 0 spiro atoms. The highest BCUT2D eigenvalue weighted by atomic mass is 16.5. The summed E-state index contributed by atoms with van der Waals surface area (Å²) >= 11 is 0. The van der Waals surface area contributed by atoms with Gasteiger partial charge in [0.15, 0.2) is 0 Å². The number of nitrogens with zero attached hydrogens (tertiary/aromatic N) is 4. The normalized spacial score (nSPS) is 20.1. The van der Waals surface area contributed by atoms with E-state index in [1.54, 1.807) is 0 Å². The molecule has 1 saturated heterocycles. The Hall–Kier alpha value is -2.27. The Morgan fingerprint density at radius 2 is 1.68 bits per heavy atom. The van der Waals surface area contributed by atoms with Crippen LogP contribution in [0, 0.1) is 13.8 Å². The molecular weight excluding hydrogens is 348 g/mol. The van der Waals surface area contributed by atoms with Crippen LogP contribution < -0.4 is 4.74 Å². The van der Waals surface area contributed by atoms with Gasteiger partial charge >= 0.3 is 0 Å². The van der Waals surface area contributed by atoms with E-state index in [4.69, 9.17) is 9.84 Å². The van der Waals surface area contributed by atoms with Crippen molar-refractivity contribution in [1.29, 1.82) is 0 Å². The molecule has 2 aromatic rings. The van der Waals surface area contributed by atoms with E-state index >= 15 is 0 Å². The fraction of sp³-hybridized carbons (Fsp3) is 0.522. The lowest BCUT2D eigenvalue weighted by molar-refractivity contribution is 0.0435. The molecule has 1 unspecified atom stereocenters. The molecule has 1 aromatic carbocycles. The maximum Gasteiger partial charge on any atom is 0.127 e. The molecule has 0 aliphatic carbocycles. The molecular formula is C23H32N4O. The Morgan fingerprint density at radius 3 is 2.32 bits per heavy atom. The van der Waals surface area contributed by atoms with Crippen LogP contribution in [-0.2, 0) is 0 Å². The van der Waals surface area contributed by atoms with Crippen molar-refractivity contribution in [2.45, 2.75) is 53.1 Å². The number of rotatable bonds is 4. The van der Waals surface area contributed by atoms with E-state index in [9.17, 15) is 0 Å². The van der Waals surface area contributed by atoms with Gasteiger partial charge in [0.1, 0.15) is 11.9 Å². The Bertz CT molecular complexity index is 875. The molecule has 0 saturated carbocycles. The second-order valence-corrected chi connectivity index (χ2v) is 7.95. The molecule has 0 amide bonds. The molecule has 150 valence electrons. The summed E-state index contributed by atoms with van der Waals surface area (Å²) < 4.78 is 8.01. The molecule has 5 heteroatoms. The minimum atomic E-state index is 0.224. The summed E-state index contributed by atoms with van der Waals surface area (Å²) in [5.74, 6) is 0.919. The summed E-state index contributed by atoms with van der Waals surface area (Å²) in [6.45, 7) is 11.6. The summed E-state index contributed by atoms with van der Waals surface area (Å²) in [6.07, 6.45) is 4.12. The first-order chi connectivity index (χ1) is 13.5. The van der Waals surface area contributed by atoms with Crippen LogP contribution in [0.3, 0.4) is 0 Å². The SMILES string of the molecule is CCOc1ccc(-n2c(C)c3c(c2C)C(N2CCCCC2)N(C)N=C3C)cc1. The molecule has 0 bridgehead atoms. The van der Waals surface area contributed by atoms with Crippen LogP contribution in [0.5, 0.6) is 5.75 Å². The molecule has 2 aliphatic rings. The van der Waals surface area contributed by atoms with Gasteiger partial charge in [-0.2, -0.15) is 5.10 Å². The maximum absolute atomic E-state index is 5.62. The van der Waals surface area contributed by atoms with Crippen LogP contribution in [0.25, 0.3) is 5.69 Å². The average Bonchev–Trinajstić information content (AvgIpc) is 2.95. The molecule has 3 heterocycles. The zero-order valence-electron chi connectivity index (χ0n) is 17.8.